The molecule has 0 atom stereocenters. The van der Waals surface area contributed by atoms with Crippen molar-refractivity contribution < 1.29 is 15.0 Å². The van der Waals surface area contributed by atoms with Gasteiger partial charge in [0.15, 0.2) is 11.6 Å². The average Bonchev–Trinajstić information content (AvgIpc) is 3.22. The molecule has 0 unspecified atom stereocenters. The number of aryl methyl sites for hydroxylation is 2. The molecule has 0 saturated carbocycles. The third-order valence-corrected chi connectivity index (χ3v) is 5.24. The number of nitrogens with one attached hydrogen (secondary N) is 1. The van der Waals surface area contributed by atoms with Gasteiger partial charge in [-0.2, -0.15) is 5.10 Å². The van der Waals surface area contributed by atoms with Gasteiger partial charge in [0, 0.05) is 25.0 Å². The molecule has 1 aliphatic heterocycles. The van der Waals surface area contributed by atoms with Crippen LogP contribution in [0.2, 0.25) is 0 Å². The number of aromatic nitrogens is 5. The fourth-order valence-corrected chi connectivity index (χ4v) is 3.90. The van der Waals surface area contributed by atoms with Crippen LogP contribution in [0.25, 0.3) is 28.0 Å². The normalized spacial score (nSPS) is 12.8. The van der Waals surface area contributed by atoms with Gasteiger partial charge in [0.25, 0.3) is 5.91 Å². The summed E-state index contributed by atoms with van der Waals surface area (Å²) in [5, 5.41) is 27.7. The summed E-state index contributed by atoms with van der Waals surface area (Å²) in [7, 11) is 1.76. The SMILES string of the molecule is Cc1ccc(O)c(C)c1-n1cc2c3c(nc(CO)nc31)-c1cn(C)nc1NC2=O. The first-order chi connectivity index (χ1) is 13.9. The summed E-state index contributed by atoms with van der Waals surface area (Å²) in [6.07, 6.45) is 3.47. The van der Waals surface area contributed by atoms with E-state index in [1.165, 1.54) is 0 Å². The van der Waals surface area contributed by atoms with Crippen LogP contribution in [0, 0.1) is 13.8 Å². The fourth-order valence-electron chi connectivity index (χ4n) is 3.90. The minimum Gasteiger partial charge on any atom is -0.508 e. The summed E-state index contributed by atoms with van der Waals surface area (Å²) in [4.78, 5) is 22.0. The van der Waals surface area contributed by atoms with Crippen LogP contribution in [0.1, 0.15) is 27.3 Å². The van der Waals surface area contributed by atoms with Crippen LogP contribution in [0.15, 0.2) is 24.5 Å². The number of carbonyl (C=O) groups is 1. The highest BCUT2D eigenvalue weighted by molar-refractivity contribution is 6.19. The monoisotopic (exact) mass is 390 g/mol. The Morgan fingerprint density at radius 1 is 1.14 bits per heavy atom. The van der Waals surface area contributed by atoms with Crippen molar-refractivity contribution in [3.8, 4) is 22.7 Å². The lowest BCUT2D eigenvalue weighted by molar-refractivity contribution is 0.102. The van der Waals surface area contributed by atoms with Gasteiger partial charge in [-0.05, 0) is 25.5 Å². The lowest BCUT2D eigenvalue weighted by Gasteiger charge is -2.14. The Bertz CT molecular complexity index is 1330. The number of hydrogen-bond acceptors (Lipinski definition) is 6. The molecule has 0 aliphatic carbocycles. The molecule has 0 radical (unpaired) electrons. The van der Waals surface area contributed by atoms with E-state index < -0.39 is 0 Å². The summed E-state index contributed by atoms with van der Waals surface area (Å²) < 4.78 is 3.38. The predicted molar refractivity (Wildman–Crippen MR) is 106 cm³/mol. The molecule has 9 nitrogen and oxygen atoms in total. The Balaban J connectivity index is 1.95. The van der Waals surface area contributed by atoms with Crippen molar-refractivity contribution in [3.05, 3.63) is 47.0 Å². The third kappa shape index (κ3) is 2.37. The maximum atomic E-state index is 13.0. The molecule has 1 aromatic carbocycles. The molecule has 1 amide bonds. The van der Waals surface area contributed by atoms with Crippen LogP contribution in [-0.2, 0) is 13.7 Å². The summed E-state index contributed by atoms with van der Waals surface area (Å²) in [6, 6.07) is 3.45. The van der Waals surface area contributed by atoms with E-state index in [0.29, 0.717) is 39.2 Å². The number of aliphatic hydroxyl groups excluding tert-OH is 1. The zero-order chi connectivity index (χ0) is 20.4. The molecule has 9 heteroatoms. The number of phenolic OH excluding ortho intramolecular Hbond substituents is 1. The van der Waals surface area contributed by atoms with E-state index in [9.17, 15) is 15.0 Å². The van der Waals surface area contributed by atoms with Crippen LogP contribution < -0.4 is 5.32 Å². The number of aliphatic hydroxyl groups is 1. The summed E-state index contributed by atoms with van der Waals surface area (Å²) in [5.74, 6) is 0.479. The molecule has 29 heavy (non-hydrogen) atoms. The maximum absolute atomic E-state index is 13.0. The molecule has 4 aromatic rings. The molecular weight excluding hydrogens is 372 g/mol. The lowest BCUT2D eigenvalue weighted by atomic mass is 10.1. The Hall–Kier alpha value is -3.72. The van der Waals surface area contributed by atoms with Crippen LogP contribution in [0.4, 0.5) is 5.82 Å². The first-order valence-electron chi connectivity index (χ1n) is 9.06. The number of phenols is 1. The summed E-state index contributed by atoms with van der Waals surface area (Å²) in [5.41, 5.74) is 4.38. The molecule has 0 fully saturated rings. The van der Waals surface area contributed by atoms with Crippen molar-refractivity contribution in [2.75, 3.05) is 5.32 Å². The van der Waals surface area contributed by atoms with Gasteiger partial charge < -0.3 is 15.5 Å². The Morgan fingerprint density at radius 3 is 2.69 bits per heavy atom. The molecule has 3 N–H and O–H groups in total. The number of nitrogens with zero attached hydrogens (tertiary/aromatic N) is 5. The first-order valence-corrected chi connectivity index (χ1v) is 9.06. The second-order valence-corrected chi connectivity index (χ2v) is 7.15. The Morgan fingerprint density at radius 2 is 1.93 bits per heavy atom. The van der Waals surface area contributed by atoms with E-state index in [1.807, 2.05) is 19.9 Å². The Kier molecular flexibility index (Phi) is 3.53. The standard InChI is InChI=1S/C20H18N6O3/c1-9-4-5-13(28)10(2)17(9)26-7-11-15-16(21-14(8-27)22-19(15)26)12-6-25(3)24-18(12)23-20(11)29/h4-7,27-28H,8H2,1-3H3,(H,23,24,29). The van der Waals surface area contributed by atoms with Gasteiger partial charge >= 0.3 is 0 Å². The molecule has 0 bridgehead atoms. The van der Waals surface area contributed by atoms with Crippen molar-refractivity contribution in [1.29, 1.82) is 0 Å². The molecule has 4 heterocycles. The van der Waals surface area contributed by atoms with Crippen molar-refractivity contribution in [2.45, 2.75) is 20.5 Å². The molecule has 0 saturated heterocycles. The summed E-state index contributed by atoms with van der Waals surface area (Å²) in [6.45, 7) is 3.38. The van der Waals surface area contributed by atoms with Crippen LogP contribution in [0.3, 0.4) is 0 Å². The maximum Gasteiger partial charge on any atom is 0.259 e. The summed E-state index contributed by atoms with van der Waals surface area (Å²) >= 11 is 0. The number of aromatic hydroxyl groups is 1. The van der Waals surface area contributed by atoms with Gasteiger partial charge in [-0.25, -0.2) is 9.97 Å². The van der Waals surface area contributed by atoms with Gasteiger partial charge in [0.05, 0.1) is 27.9 Å². The van der Waals surface area contributed by atoms with Gasteiger partial charge in [-0.15, -0.1) is 0 Å². The van der Waals surface area contributed by atoms with Gasteiger partial charge in [0.1, 0.15) is 18.0 Å². The lowest BCUT2D eigenvalue weighted by Crippen LogP contribution is -2.11. The minimum atomic E-state index is -0.349. The van der Waals surface area contributed by atoms with Gasteiger partial charge in [0.2, 0.25) is 0 Å². The highest BCUT2D eigenvalue weighted by Crippen LogP contribution is 2.39. The first kappa shape index (κ1) is 17.4. The molecule has 3 aromatic heterocycles. The van der Waals surface area contributed by atoms with E-state index in [4.69, 9.17) is 0 Å². The fraction of sp³-hybridized carbons (Fsp3) is 0.200. The number of fused-ring (bicyclic) bond motifs is 2. The predicted octanol–water partition coefficient (Wildman–Crippen LogP) is 2.20. The van der Waals surface area contributed by atoms with Crippen molar-refractivity contribution >= 4 is 22.8 Å². The second-order valence-electron chi connectivity index (χ2n) is 7.15. The Labute approximate surface area is 165 Å². The van der Waals surface area contributed by atoms with Crippen molar-refractivity contribution in [1.82, 2.24) is 24.3 Å². The van der Waals surface area contributed by atoms with E-state index in [1.54, 1.807) is 34.8 Å². The van der Waals surface area contributed by atoms with Crippen molar-refractivity contribution in [3.63, 3.8) is 0 Å². The smallest absolute Gasteiger partial charge is 0.259 e. The van der Waals surface area contributed by atoms with E-state index in [0.717, 1.165) is 11.3 Å². The second kappa shape index (κ2) is 5.89. The minimum absolute atomic E-state index is 0.150. The molecule has 0 spiro atoms. The zero-order valence-corrected chi connectivity index (χ0v) is 16.1. The number of rotatable bonds is 2. The number of benzene rings is 1. The number of anilines is 1. The van der Waals surface area contributed by atoms with E-state index in [2.05, 4.69) is 20.4 Å². The van der Waals surface area contributed by atoms with Crippen LogP contribution in [0.5, 0.6) is 5.75 Å². The third-order valence-electron chi connectivity index (χ3n) is 5.24. The number of hydrogen-bond donors (Lipinski definition) is 3. The number of amides is 1. The molecule has 146 valence electrons. The highest BCUT2D eigenvalue weighted by Gasteiger charge is 2.30. The van der Waals surface area contributed by atoms with Crippen LogP contribution in [-0.4, -0.2) is 40.4 Å². The zero-order valence-electron chi connectivity index (χ0n) is 16.1. The van der Waals surface area contributed by atoms with Gasteiger partial charge in [-0.3, -0.25) is 14.0 Å². The van der Waals surface area contributed by atoms with Gasteiger partial charge in [-0.1, -0.05) is 6.07 Å². The van der Waals surface area contributed by atoms with E-state index in [-0.39, 0.29) is 24.1 Å². The molecule has 5 rings (SSSR count). The van der Waals surface area contributed by atoms with Crippen LogP contribution >= 0.6 is 0 Å². The molecule has 1 aliphatic rings. The highest BCUT2D eigenvalue weighted by atomic mass is 16.3. The average molecular weight is 390 g/mol. The topological polar surface area (TPSA) is 118 Å². The number of carbonyl (C=O) groups excluding carboxylic acids is 1. The van der Waals surface area contributed by atoms with Crippen molar-refractivity contribution in [2.24, 2.45) is 7.05 Å². The van der Waals surface area contributed by atoms with E-state index >= 15 is 0 Å². The quantitative estimate of drug-likeness (QED) is 0.483. The molecular formula is C20H18N6O3. The largest absolute Gasteiger partial charge is 0.508 e.